The highest BCUT2D eigenvalue weighted by atomic mass is 79.9. The van der Waals surface area contributed by atoms with Gasteiger partial charge in [0.2, 0.25) is 0 Å². The first-order chi connectivity index (χ1) is 9.02. The molecule has 0 amide bonds. The maximum Gasteiger partial charge on any atom is 0.337 e. The molecule has 0 saturated carbocycles. The standard InChI is InChI=1S/C14H18BrNO3/c1-9-5-6-16(8-13(9)19-2)12-4-3-10(15)7-11(12)14(17)18/h3-4,7,9,13H,5-6,8H2,1-2H3,(H,17,18). The van der Waals surface area contributed by atoms with E-state index in [0.717, 1.165) is 29.7 Å². The van der Waals surface area contributed by atoms with Crippen LogP contribution in [0.1, 0.15) is 23.7 Å². The predicted octanol–water partition coefficient (Wildman–Crippen LogP) is 3.01. The van der Waals surface area contributed by atoms with Crippen molar-refractivity contribution < 1.29 is 14.6 Å². The van der Waals surface area contributed by atoms with Crippen molar-refractivity contribution in [2.75, 3.05) is 25.1 Å². The van der Waals surface area contributed by atoms with Gasteiger partial charge >= 0.3 is 5.97 Å². The molecule has 1 N–H and O–H groups in total. The van der Waals surface area contributed by atoms with Gasteiger partial charge in [0.05, 0.1) is 17.4 Å². The van der Waals surface area contributed by atoms with Gasteiger partial charge in [-0.25, -0.2) is 4.79 Å². The summed E-state index contributed by atoms with van der Waals surface area (Å²) < 4.78 is 6.26. The van der Waals surface area contributed by atoms with Crippen LogP contribution >= 0.6 is 15.9 Å². The van der Waals surface area contributed by atoms with Gasteiger partial charge < -0.3 is 14.7 Å². The molecule has 4 nitrogen and oxygen atoms in total. The second-order valence-corrected chi connectivity index (χ2v) is 5.87. The van der Waals surface area contributed by atoms with Crippen molar-refractivity contribution in [1.29, 1.82) is 0 Å². The van der Waals surface area contributed by atoms with Gasteiger partial charge in [-0.1, -0.05) is 22.9 Å². The maximum atomic E-state index is 11.4. The van der Waals surface area contributed by atoms with Crippen LogP contribution in [-0.2, 0) is 4.74 Å². The van der Waals surface area contributed by atoms with Gasteiger partial charge in [-0.2, -0.15) is 0 Å². The fourth-order valence-corrected chi connectivity index (χ4v) is 2.88. The molecule has 5 heteroatoms. The van der Waals surface area contributed by atoms with Gasteiger partial charge in [-0.15, -0.1) is 0 Å². The number of halogens is 1. The van der Waals surface area contributed by atoms with Crippen LogP contribution in [0.5, 0.6) is 0 Å². The van der Waals surface area contributed by atoms with E-state index in [2.05, 4.69) is 27.8 Å². The lowest BCUT2D eigenvalue weighted by Gasteiger charge is -2.38. The topological polar surface area (TPSA) is 49.8 Å². The Hall–Kier alpha value is -1.07. The minimum absolute atomic E-state index is 0.152. The highest BCUT2D eigenvalue weighted by molar-refractivity contribution is 9.10. The number of anilines is 1. The van der Waals surface area contributed by atoms with E-state index < -0.39 is 5.97 Å². The lowest BCUT2D eigenvalue weighted by molar-refractivity contribution is 0.0496. The molecule has 2 atom stereocenters. The lowest BCUT2D eigenvalue weighted by Crippen LogP contribution is -2.44. The number of piperidine rings is 1. The number of rotatable bonds is 3. The Morgan fingerprint density at radius 3 is 2.89 bits per heavy atom. The Kier molecular flexibility index (Phi) is 4.47. The normalized spacial score (nSPS) is 23.4. The molecule has 1 fully saturated rings. The van der Waals surface area contributed by atoms with E-state index in [-0.39, 0.29) is 6.10 Å². The molecule has 0 bridgehead atoms. The summed E-state index contributed by atoms with van der Waals surface area (Å²) in [4.78, 5) is 13.5. The van der Waals surface area contributed by atoms with E-state index in [1.54, 1.807) is 13.2 Å². The van der Waals surface area contributed by atoms with Crippen molar-refractivity contribution in [1.82, 2.24) is 0 Å². The molecule has 1 aliphatic heterocycles. The molecule has 2 unspecified atom stereocenters. The van der Waals surface area contributed by atoms with E-state index in [4.69, 9.17) is 4.74 Å². The summed E-state index contributed by atoms with van der Waals surface area (Å²) in [6, 6.07) is 5.38. The third kappa shape index (κ3) is 3.09. The first kappa shape index (κ1) is 14.3. The van der Waals surface area contributed by atoms with Crippen molar-refractivity contribution in [2.45, 2.75) is 19.4 Å². The maximum absolute atomic E-state index is 11.4. The van der Waals surface area contributed by atoms with Crippen molar-refractivity contribution in [2.24, 2.45) is 5.92 Å². The number of methoxy groups -OCH3 is 1. The zero-order chi connectivity index (χ0) is 14.0. The first-order valence-corrected chi connectivity index (χ1v) is 7.12. The van der Waals surface area contributed by atoms with E-state index in [0.29, 0.717) is 11.5 Å². The quantitative estimate of drug-likeness (QED) is 0.927. The average Bonchev–Trinajstić information content (AvgIpc) is 2.39. The van der Waals surface area contributed by atoms with Crippen LogP contribution in [0.2, 0.25) is 0 Å². The Morgan fingerprint density at radius 2 is 2.26 bits per heavy atom. The number of hydrogen-bond acceptors (Lipinski definition) is 3. The van der Waals surface area contributed by atoms with Gasteiger partial charge in [-0.05, 0) is 30.5 Å². The largest absolute Gasteiger partial charge is 0.478 e. The van der Waals surface area contributed by atoms with Crippen molar-refractivity contribution in [3.8, 4) is 0 Å². The van der Waals surface area contributed by atoms with Crippen LogP contribution in [0.4, 0.5) is 5.69 Å². The summed E-state index contributed by atoms with van der Waals surface area (Å²) in [7, 11) is 1.71. The summed E-state index contributed by atoms with van der Waals surface area (Å²) in [5, 5.41) is 9.32. The number of aromatic carboxylic acids is 1. The summed E-state index contributed by atoms with van der Waals surface area (Å²) in [6.07, 6.45) is 1.16. The number of ether oxygens (including phenoxy) is 1. The monoisotopic (exact) mass is 327 g/mol. The molecular weight excluding hydrogens is 310 g/mol. The van der Waals surface area contributed by atoms with Crippen LogP contribution in [-0.4, -0.2) is 37.4 Å². The number of benzene rings is 1. The molecule has 0 spiro atoms. The molecule has 1 saturated heterocycles. The van der Waals surface area contributed by atoms with Gasteiger partial charge in [0.1, 0.15) is 0 Å². The number of carbonyl (C=O) groups is 1. The van der Waals surface area contributed by atoms with Crippen LogP contribution < -0.4 is 4.90 Å². The predicted molar refractivity (Wildman–Crippen MR) is 77.9 cm³/mol. The molecule has 0 aromatic heterocycles. The zero-order valence-corrected chi connectivity index (χ0v) is 12.7. The lowest BCUT2D eigenvalue weighted by atomic mass is 9.95. The fourth-order valence-electron chi connectivity index (χ4n) is 2.51. The van der Waals surface area contributed by atoms with Gasteiger partial charge in [0.15, 0.2) is 0 Å². The van der Waals surface area contributed by atoms with Crippen molar-refractivity contribution in [3.63, 3.8) is 0 Å². The fraction of sp³-hybridized carbons (Fsp3) is 0.500. The minimum atomic E-state index is -0.899. The number of nitrogens with zero attached hydrogens (tertiary/aromatic N) is 1. The second-order valence-electron chi connectivity index (χ2n) is 4.95. The molecule has 0 aliphatic carbocycles. The van der Waals surface area contributed by atoms with E-state index >= 15 is 0 Å². The molecule has 1 heterocycles. The number of hydrogen-bond donors (Lipinski definition) is 1. The number of carboxylic acids is 1. The summed E-state index contributed by atoms with van der Waals surface area (Å²) in [6.45, 7) is 3.77. The van der Waals surface area contributed by atoms with E-state index in [9.17, 15) is 9.90 Å². The van der Waals surface area contributed by atoms with Crippen LogP contribution in [0.15, 0.2) is 22.7 Å². The molecule has 0 radical (unpaired) electrons. The van der Waals surface area contributed by atoms with Gasteiger partial charge in [0, 0.05) is 24.7 Å². The third-order valence-electron chi connectivity index (χ3n) is 3.72. The summed E-state index contributed by atoms with van der Waals surface area (Å²) >= 11 is 3.32. The van der Waals surface area contributed by atoms with E-state index in [1.165, 1.54) is 0 Å². The zero-order valence-electron chi connectivity index (χ0n) is 11.1. The Balaban J connectivity index is 2.29. The van der Waals surface area contributed by atoms with Gasteiger partial charge in [-0.3, -0.25) is 0 Å². The Morgan fingerprint density at radius 1 is 1.53 bits per heavy atom. The Labute approximate surface area is 121 Å². The SMILES string of the molecule is COC1CN(c2ccc(Br)cc2C(=O)O)CCC1C. The smallest absolute Gasteiger partial charge is 0.337 e. The third-order valence-corrected chi connectivity index (χ3v) is 4.22. The van der Waals surface area contributed by atoms with E-state index in [1.807, 2.05) is 12.1 Å². The van der Waals surface area contributed by atoms with Crippen molar-refractivity contribution in [3.05, 3.63) is 28.2 Å². The van der Waals surface area contributed by atoms with Crippen LogP contribution in [0.3, 0.4) is 0 Å². The Bertz CT molecular complexity index is 478. The minimum Gasteiger partial charge on any atom is -0.478 e. The van der Waals surface area contributed by atoms with Crippen LogP contribution in [0.25, 0.3) is 0 Å². The number of carboxylic acid groups (broad SMARTS) is 1. The summed E-state index contributed by atoms with van der Waals surface area (Å²) in [5.41, 5.74) is 1.10. The second kappa shape index (κ2) is 5.92. The molecule has 1 aliphatic rings. The molecule has 19 heavy (non-hydrogen) atoms. The molecule has 1 aromatic rings. The molecule has 2 rings (SSSR count). The van der Waals surface area contributed by atoms with Crippen molar-refractivity contribution >= 4 is 27.6 Å². The van der Waals surface area contributed by atoms with Gasteiger partial charge in [0.25, 0.3) is 0 Å². The van der Waals surface area contributed by atoms with Crippen LogP contribution in [0, 0.1) is 5.92 Å². The molecule has 104 valence electrons. The molecule has 1 aromatic carbocycles. The highest BCUT2D eigenvalue weighted by Gasteiger charge is 2.28. The average molecular weight is 328 g/mol. The summed E-state index contributed by atoms with van der Waals surface area (Å²) in [5.74, 6) is -0.395. The molecular formula is C14H18BrNO3. The highest BCUT2D eigenvalue weighted by Crippen LogP contribution is 2.29. The first-order valence-electron chi connectivity index (χ1n) is 6.33.